The number of halogens is 1. The number of aryl methyl sites for hydroxylation is 1. The molecule has 1 N–H and O–H groups in total. The van der Waals surface area contributed by atoms with E-state index >= 15 is 0 Å². The van der Waals surface area contributed by atoms with Crippen LogP contribution in [0.5, 0.6) is 0 Å². The molecule has 0 radical (unpaired) electrons. The summed E-state index contributed by atoms with van der Waals surface area (Å²) in [5.41, 5.74) is 2.26. The van der Waals surface area contributed by atoms with Gasteiger partial charge in [0, 0.05) is 12.7 Å². The molecule has 0 spiro atoms. The molecule has 2 aromatic carbocycles. The Kier molecular flexibility index (Phi) is 2.91. The van der Waals surface area contributed by atoms with Gasteiger partial charge in [0.2, 0.25) is 0 Å². The SMILES string of the molecule is Cn1c(CNc2ccccc2)nc2c(F)cccc21. The summed E-state index contributed by atoms with van der Waals surface area (Å²) in [5.74, 6) is 0.531. The highest BCUT2D eigenvalue weighted by Gasteiger charge is 2.10. The number of nitrogens with one attached hydrogen (secondary N) is 1. The van der Waals surface area contributed by atoms with E-state index < -0.39 is 0 Å². The largest absolute Gasteiger partial charge is 0.378 e. The molecule has 4 heteroatoms. The van der Waals surface area contributed by atoms with Crippen molar-refractivity contribution in [3.8, 4) is 0 Å². The second-order valence-electron chi connectivity index (χ2n) is 4.41. The summed E-state index contributed by atoms with van der Waals surface area (Å²) in [6.45, 7) is 0.564. The van der Waals surface area contributed by atoms with Crippen LogP contribution in [-0.4, -0.2) is 9.55 Å². The third kappa shape index (κ3) is 2.17. The van der Waals surface area contributed by atoms with Gasteiger partial charge < -0.3 is 9.88 Å². The Labute approximate surface area is 110 Å². The Morgan fingerprint density at radius 3 is 2.63 bits per heavy atom. The summed E-state index contributed by atoms with van der Waals surface area (Å²) in [6, 6.07) is 14.9. The van der Waals surface area contributed by atoms with Crippen LogP contribution in [0.3, 0.4) is 0 Å². The minimum absolute atomic E-state index is 0.279. The van der Waals surface area contributed by atoms with Crippen molar-refractivity contribution in [1.82, 2.24) is 9.55 Å². The van der Waals surface area contributed by atoms with Crippen LogP contribution in [0.2, 0.25) is 0 Å². The summed E-state index contributed by atoms with van der Waals surface area (Å²) >= 11 is 0. The molecule has 0 aliphatic rings. The minimum Gasteiger partial charge on any atom is -0.378 e. The van der Waals surface area contributed by atoms with Crippen molar-refractivity contribution in [2.45, 2.75) is 6.54 Å². The van der Waals surface area contributed by atoms with Gasteiger partial charge in [-0.15, -0.1) is 0 Å². The molecule has 0 unspecified atom stereocenters. The van der Waals surface area contributed by atoms with Gasteiger partial charge in [0.25, 0.3) is 0 Å². The lowest BCUT2D eigenvalue weighted by atomic mass is 10.3. The third-order valence-electron chi connectivity index (χ3n) is 3.18. The number of para-hydroxylation sites is 2. The van der Waals surface area contributed by atoms with E-state index in [0.717, 1.165) is 17.0 Å². The van der Waals surface area contributed by atoms with E-state index in [2.05, 4.69) is 10.3 Å². The zero-order chi connectivity index (χ0) is 13.2. The van der Waals surface area contributed by atoms with Crippen LogP contribution in [0, 0.1) is 5.82 Å². The molecule has 1 heterocycles. The first-order chi connectivity index (χ1) is 9.25. The van der Waals surface area contributed by atoms with Crippen LogP contribution in [-0.2, 0) is 13.6 Å². The van der Waals surface area contributed by atoms with Crippen LogP contribution in [0.15, 0.2) is 48.5 Å². The van der Waals surface area contributed by atoms with Crippen molar-refractivity contribution in [3.63, 3.8) is 0 Å². The van der Waals surface area contributed by atoms with E-state index in [-0.39, 0.29) is 5.82 Å². The maximum absolute atomic E-state index is 13.6. The Hall–Kier alpha value is -2.36. The van der Waals surface area contributed by atoms with Gasteiger partial charge in [0.05, 0.1) is 12.1 Å². The predicted octanol–water partition coefficient (Wildman–Crippen LogP) is 3.32. The molecule has 19 heavy (non-hydrogen) atoms. The van der Waals surface area contributed by atoms with Gasteiger partial charge >= 0.3 is 0 Å². The average molecular weight is 255 g/mol. The van der Waals surface area contributed by atoms with E-state index in [1.54, 1.807) is 6.07 Å². The number of nitrogens with zero attached hydrogens (tertiary/aromatic N) is 2. The van der Waals surface area contributed by atoms with Crippen LogP contribution in [0.4, 0.5) is 10.1 Å². The Balaban J connectivity index is 1.89. The van der Waals surface area contributed by atoms with Crippen LogP contribution < -0.4 is 5.32 Å². The molecule has 0 bridgehead atoms. The lowest BCUT2D eigenvalue weighted by Gasteiger charge is -2.06. The summed E-state index contributed by atoms with van der Waals surface area (Å²) in [7, 11) is 1.90. The summed E-state index contributed by atoms with van der Waals surface area (Å²) < 4.78 is 15.6. The van der Waals surface area contributed by atoms with Gasteiger partial charge in [0.15, 0.2) is 5.82 Å². The topological polar surface area (TPSA) is 29.9 Å². The van der Waals surface area contributed by atoms with Gasteiger partial charge in [0.1, 0.15) is 11.3 Å². The third-order valence-corrected chi connectivity index (χ3v) is 3.18. The quantitative estimate of drug-likeness (QED) is 0.778. The molecular formula is C15H14FN3. The second-order valence-corrected chi connectivity index (χ2v) is 4.41. The normalized spacial score (nSPS) is 10.8. The monoisotopic (exact) mass is 255 g/mol. The van der Waals surface area contributed by atoms with Gasteiger partial charge in [-0.25, -0.2) is 9.37 Å². The number of fused-ring (bicyclic) bond motifs is 1. The molecule has 0 atom stereocenters. The molecule has 3 aromatic rings. The molecule has 3 rings (SSSR count). The molecule has 0 fully saturated rings. The first-order valence-electron chi connectivity index (χ1n) is 6.14. The van der Waals surface area contributed by atoms with Crippen LogP contribution >= 0.6 is 0 Å². The van der Waals surface area contributed by atoms with Crippen molar-refractivity contribution in [1.29, 1.82) is 0 Å². The first-order valence-corrected chi connectivity index (χ1v) is 6.14. The van der Waals surface area contributed by atoms with E-state index in [9.17, 15) is 4.39 Å². The summed E-state index contributed by atoms with van der Waals surface area (Å²) in [4.78, 5) is 4.35. The van der Waals surface area contributed by atoms with Crippen molar-refractivity contribution in [3.05, 3.63) is 60.2 Å². The number of benzene rings is 2. The predicted molar refractivity (Wildman–Crippen MR) is 74.4 cm³/mol. The second kappa shape index (κ2) is 4.72. The van der Waals surface area contributed by atoms with Crippen molar-refractivity contribution < 1.29 is 4.39 Å². The van der Waals surface area contributed by atoms with Gasteiger partial charge in [-0.3, -0.25) is 0 Å². The zero-order valence-corrected chi connectivity index (χ0v) is 10.6. The molecule has 96 valence electrons. The highest BCUT2D eigenvalue weighted by atomic mass is 19.1. The fraction of sp³-hybridized carbons (Fsp3) is 0.133. The maximum Gasteiger partial charge on any atom is 0.151 e. The lowest BCUT2D eigenvalue weighted by molar-refractivity contribution is 0.637. The number of hydrogen-bond donors (Lipinski definition) is 1. The molecule has 0 amide bonds. The smallest absolute Gasteiger partial charge is 0.151 e. The number of imidazole rings is 1. The van der Waals surface area contributed by atoms with Crippen molar-refractivity contribution >= 4 is 16.7 Å². The highest BCUT2D eigenvalue weighted by Crippen LogP contribution is 2.18. The fourth-order valence-corrected chi connectivity index (χ4v) is 2.12. The first kappa shape index (κ1) is 11.7. The zero-order valence-electron chi connectivity index (χ0n) is 10.6. The molecule has 1 aromatic heterocycles. The van der Waals surface area contributed by atoms with E-state index in [1.807, 2.05) is 48.0 Å². The lowest BCUT2D eigenvalue weighted by Crippen LogP contribution is -2.05. The summed E-state index contributed by atoms with van der Waals surface area (Å²) in [5, 5.41) is 3.28. The maximum atomic E-state index is 13.6. The van der Waals surface area contributed by atoms with E-state index in [0.29, 0.717) is 12.1 Å². The van der Waals surface area contributed by atoms with Crippen LogP contribution in [0.1, 0.15) is 5.82 Å². The number of hydrogen-bond acceptors (Lipinski definition) is 2. The highest BCUT2D eigenvalue weighted by molar-refractivity contribution is 5.76. The molecule has 3 nitrogen and oxygen atoms in total. The molecule has 0 aliphatic heterocycles. The Morgan fingerprint density at radius 1 is 1.11 bits per heavy atom. The number of aromatic nitrogens is 2. The summed E-state index contributed by atoms with van der Waals surface area (Å²) in [6.07, 6.45) is 0. The molecule has 0 aliphatic carbocycles. The Morgan fingerprint density at radius 2 is 1.89 bits per heavy atom. The standard InChI is InChI=1S/C15H14FN3/c1-19-13-9-5-8-12(16)15(13)18-14(19)10-17-11-6-3-2-4-7-11/h2-9,17H,10H2,1H3. The minimum atomic E-state index is -0.279. The fourth-order valence-electron chi connectivity index (χ4n) is 2.12. The van der Waals surface area contributed by atoms with Crippen molar-refractivity contribution in [2.24, 2.45) is 7.05 Å². The molecular weight excluding hydrogens is 241 g/mol. The van der Waals surface area contributed by atoms with Gasteiger partial charge in [-0.1, -0.05) is 24.3 Å². The Bertz CT molecular complexity index is 704. The van der Waals surface area contributed by atoms with Crippen molar-refractivity contribution in [2.75, 3.05) is 5.32 Å². The van der Waals surface area contributed by atoms with Gasteiger partial charge in [-0.05, 0) is 24.3 Å². The average Bonchev–Trinajstić information content (AvgIpc) is 2.77. The number of rotatable bonds is 3. The van der Waals surface area contributed by atoms with E-state index in [4.69, 9.17) is 0 Å². The number of anilines is 1. The van der Waals surface area contributed by atoms with Gasteiger partial charge in [-0.2, -0.15) is 0 Å². The molecule has 0 saturated carbocycles. The van der Waals surface area contributed by atoms with E-state index in [1.165, 1.54) is 6.07 Å². The van der Waals surface area contributed by atoms with Crippen LogP contribution in [0.25, 0.3) is 11.0 Å². The molecule has 0 saturated heterocycles.